The van der Waals surface area contributed by atoms with E-state index in [-0.39, 0.29) is 24.0 Å². The Balaban J connectivity index is 0.00000192. The maximum absolute atomic E-state index is 4.34. The van der Waals surface area contributed by atoms with E-state index in [4.69, 9.17) is 0 Å². The van der Waals surface area contributed by atoms with E-state index >= 15 is 0 Å². The van der Waals surface area contributed by atoms with Crippen molar-refractivity contribution in [2.24, 2.45) is 4.99 Å². The fourth-order valence-electron chi connectivity index (χ4n) is 2.74. The Morgan fingerprint density at radius 3 is 2.87 bits per heavy atom. The van der Waals surface area contributed by atoms with E-state index in [0.29, 0.717) is 12.6 Å². The molecule has 2 heterocycles. The van der Waals surface area contributed by atoms with Crippen molar-refractivity contribution in [3.8, 4) is 5.82 Å². The van der Waals surface area contributed by atoms with Crippen LogP contribution in [0.15, 0.2) is 41.8 Å². The zero-order valence-corrected chi connectivity index (χ0v) is 15.6. The molecule has 0 unspecified atom stereocenters. The lowest BCUT2D eigenvalue weighted by atomic mass is 10.2. The standard InChI is InChI=1S/C16H22N6.HI/c1-17-16(21-14-5-2-3-6-14)19-12-13-7-9-18-15(11-13)22-10-4-8-20-22;/h4,7-11,14H,2-3,5-6,12H2,1H3,(H2,17,19,21);1H. The van der Waals surface area contributed by atoms with E-state index in [1.807, 2.05) is 31.4 Å². The fourth-order valence-corrected chi connectivity index (χ4v) is 2.74. The van der Waals surface area contributed by atoms with Gasteiger partial charge in [-0.25, -0.2) is 9.67 Å². The first-order chi connectivity index (χ1) is 10.8. The number of aromatic nitrogens is 3. The van der Waals surface area contributed by atoms with Gasteiger partial charge in [0.1, 0.15) is 0 Å². The molecular formula is C16H23IN6. The molecule has 2 aromatic heterocycles. The van der Waals surface area contributed by atoms with Crippen LogP contribution in [-0.4, -0.2) is 33.8 Å². The van der Waals surface area contributed by atoms with Crippen molar-refractivity contribution in [2.45, 2.75) is 38.3 Å². The van der Waals surface area contributed by atoms with E-state index in [0.717, 1.165) is 17.3 Å². The Labute approximate surface area is 153 Å². The van der Waals surface area contributed by atoms with Crippen LogP contribution >= 0.6 is 24.0 Å². The van der Waals surface area contributed by atoms with Crippen LogP contribution in [-0.2, 0) is 6.54 Å². The van der Waals surface area contributed by atoms with Crippen molar-refractivity contribution in [1.82, 2.24) is 25.4 Å². The van der Waals surface area contributed by atoms with Gasteiger partial charge in [0.05, 0.1) is 0 Å². The van der Waals surface area contributed by atoms with E-state index < -0.39 is 0 Å². The molecule has 0 radical (unpaired) electrons. The van der Waals surface area contributed by atoms with Gasteiger partial charge < -0.3 is 10.6 Å². The monoisotopic (exact) mass is 426 g/mol. The minimum atomic E-state index is 0. The van der Waals surface area contributed by atoms with Crippen LogP contribution in [0, 0.1) is 0 Å². The molecule has 0 aliphatic heterocycles. The maximum atomic E-state index is 4.34. The third-order valence-corrected chi connectivity index (χ3v) is 3.93. The minimum absolute atomic E-state index is 0. The molecule has 124 valence electrons. The molecule has 7 heteroatoms. The summed E-state index contributed by atoms with van der Waals surface area (Å²) in [5.74, 6) is 1.69. The van der Waals surface area contributed by atoms with Gasteiger partial charge in [0.15, 0.2) is 11.8 Å². The molecule has 6 nitrogen and oxygen atoms in total. The Morgan fingerprint density at radius 1 is 1.35 bits per heavy atom. The first kappa shape index (κ1) is 17.7. The molecule has 1 saturated carbocycles. The topological polar surface area (TPSA) is 67.1 Å². The van der Waals surface area contributed by atoms with Gasteiger partial charge in [-0.3, -0.25) is 4.99 Å². The largest absolute Gasteiger partial charge is 0.354 e. The molecule has 0 atom stereocenters. The summed E-state index contributed by atoms with van der Waals surface area (Å²) >= 11 is 0. The van der Waals surface area contributed by atoms with Crippen molar-refractivity contribution < 1.29 is 0 Å². The molecule has 3 rings (SSSR count). The SMILES string of the molecule is CN=C(NCc1ccnc(-n2cccn2)c1)NC1CCCC1.I. The second-order valence-electron chi connectivity index (χ2n) is 5.52. The summed E-state index contributed by atoms with van der Waals surface area (Å²) in [5.41, 5.74) is 1.15. The molecule has 2 N–H and O–H groups in total. The van der Waals surface area contributed by atoms with Gasteiger partial charge in [-0.05, 0) is 36.6 Å². The summed E-state index contributed by atoms with van der Waals surface area (Å²) in [6.45, 7) is 0.711. The summed E-state index contributed by atoms with van der Waals surface area (Å²) in [6.07, 6.45) is 10.5. The zero-order valence-electron chi connectivity index (χ0n) is 13.3. The highest BCUT2D eigenvalue weighted by molar-refractivity contribution is 14.0. The highest BCUT2D eigenvalue weighted by Gasteiger charge is 2.15. The summed E-state index contributed by atoms with van der Waals surface area (Å²) in [7, 11) is 1.81. The molecule has 1 aliphatic carbocycles. The molecule has 2 aromatic rings. The number of guanidine groups is 1. The average molecular weight is 426 g/mol. The fraction of sp³-hybridized carbons (Fsp3) is 0.438. The highest BCUT2D eigenvalue weighted by atomic mass is 127. The smallest absolute Gasteiger partial charge is 0.191 e. The second-order valence-corrected chi connectivity index (χ2v) is 5.52. The molecule has 1 aliphatic rings. The van der Waals surface area contributed by atoms with Crippen molar-refractivity contribution in [3.05, 3.63) is 42.4 Å². The van der Waals surface area contributed by atoms with Crippen LogP contribution in [0.2, 0.25) is 0 Å². The number of pyridine rings is 1. The highest BCUT2D eigenvalue weighted by Crippen LogP contribution is 2.17. The molecule has 0 saturated heterocycles. The Hall–Kier alpha value is -1.64. The molecular weight excluding hydrogens is 403 g/mol. The van der Waals surface area contributed by atoms with E-state index in [1.54, 1.807) is 17.1 Å². The quantitative estimate of drug-likeness (QED) is 0.448. The van der Waals surface area contributed by atoms with Crippen molar-refractivity contribution in [3.63, 3.8) is 0 Å². The summed E-state index contributed by atoms with van der Waals surface area (Å²) < 4.78 is 1.76. The molecule has 0 aromatic carbocycles. The molecule has 0 bridgehead atoms. The third kappa shape index (κ3) is 4.92. The van der Waals surface area contributed by atoms with Gasteiger partial charge in [0.25, 0.3) is 0 Å². The van der Waals surface area contributed by atoms with Gasteiger partial charge in [-0.15, -0.1) is 24.0 Å². The lowest BCUT2D eigenvalue weighted by molar-refractivity contribution is 0.613. The number of nitrogens with zero attached hydrogens (tertiary/aromatic N) is 4. The predicted octanol–water partition coefficient (Wildman–Crippen LogP) is 2.49. The number of rotatable bonds is 4. The van der Waals surface area contributed by atoms with Gasteiger partial charge >= 0.3 is 0 Å². The van der Waals surface area contributed by atoms with E-state index in [1.165, 1.54) is 25.7 Å². The molecule has 23 heavy (non-hydrogen) atoms. The lowest BCUT2D eigenvalue weighted by Crippen LogP contribution is -2.41. The Bertz CT molecular complexity index is 619. The second kappa shape index (κ2) is 8.85. The first-order valence-corrected chi connectivity index (χ1v) is 7.77. The summed E-state index contributed by atoms with van der Waals surface area (Å²) in [4.78, 5) is 8.64. The first-order valence-electron chi connectivity index (χ1n) is 7.77. The zero-order chi connectivity index (χ0) is 15.2. The number of nitrogens with one attached hydrogen (secondary N) is 2. The molecule has 1 fully saturated rings. The average Bonchev–Trinajstić information content (AvgIpc) is 3.25. The van der Waals surface area contributed by atoms with Gasteiger partial charge in [0, 0.05) is 38.2 Å². The minimum Gasteiger partial charge on any atom is -0.354 e. The lowest BCUT2D eigenvalue weighted by Gasteiger charge is -2.17. The van der Waals surface area contributed by atoms with Gasteiger partial charge in [-0.1, -0.05) is 12.8 Å². The molecule has 0 amide bonds. The number of hydrogen-bond acceptors (Lipinski definition) is 3. The maximum Gasteiger partial charge on any atom is 0.191 e. The summed E-state index contributed by atoms with van der Waals surface area (Å²) in [5, 5.41) is 11.1. The number of hydrogen-bond donors (Lipinski definition) is 2. The van der Waals surface area contributed by atoms with Crippen LogP contribution in [0.1, 0.15) is 31.2 Å². The normalized spacial score (nSPS) is 15.3. The molecule has 0 spiro atoms. The van der Waals surface area contributed by atoms with Gasteiger partial charge in [0.2, 0.25) is 0 Å². The van der Waals surface area contributed by atoms with Crippen molar-refractivity contribution >= 4 is 29.9 Å². The third-order valence-electron chi connectivity index (χ3n) is 3.93. The van der Waals surface area contributed by atoms with Gasteiger partial charge in [-0.2, -0.15) is 5.10 Å². The van der Waals surface area contributed by atoms with Crippen LogP contribution in [0.3, 0.4) is 0 Å². The van der Waals surface area contributed by atoms with E-state index in [9.17, 15) is 0 Å². The number of aliphatic imine (C=N–C) groups is 1. The van der Waals surface area contributed by atoms with Crippen molar-refractivity contribution in [1.29, 1.82) is 0 Å². The summed E-state index contributed by atoms with van der Waals surface area (Å²) in [6, 6.07) is 6.48. The van der Waals surface area contributed by atoms with Crippen molar-refractivity contribution in [2.75, 3.05) is 7.05 Å². The Kier molecular flexibility index (Phi) is 6.82. The van der Waals surface area contributed by atoms with Crippen LogP contribution in [0.4, 0.5) is 0 Å². The van der Waals surface area contributed by atoms with Crippen LogP contribution in [0.5, 0.6) is 0 Å². The van der Waals surface area contributed by atoms with Crippen LogP contribution < -0.4 is 10.6 Å². The Morgan fingerprint density at radius 2 is 2.17 bits per heavy atom. The number of halogens is 1. The predicted molar refractivity (Wildman–Crippen MR) is 102 cm³/mol. The van der Waals surface area contributed by atoms with E-state index in [2.05, 4.69) is 25.7 Å². The van der Waals surface area contributed by atoms with Crippen LogP contribution in [0.25, 0.3) is 5.82 Å².